The molecule has 0 saturated carbocycles. The predicted octanol–water partition coefficient (Wildman–Crippen LogP) is 4.47. The lowest BCUT2D eigenvalue weighted by Gasteiger charge is -2.18. The summed E-state index contributed by atoms with van der Waals surface area (Å²) in [7, 11) is 1.82. The molecule has 3 heteroatoms. The summed E-state index contributed by atoms with van der Waals surface area (Å²) in [6, 6.07) is 12.1. The molecule has 0 aliphatic carbocycles. The Labute approximate surface area is 125 Å². The van der Waals surface area contributed by atoms with Crippen LogP contribution in [0, 0.1) is 17.6 Å². The zero-order chi connectivity index (χ0) is 15.4. The van der Waals surface area contributed by atoms with Gasteiger partial charge in [0.15, 0.2) is 11.6 Å². The van der Waals surface area contributed by atoms with Crippen molar-refractivity contribution in [2.24, 2.45) is 5.92 Å². The third-order valence-electron chi connectivity index (χ3n) is 3.49. The first-order valence-electron chi connectivity index (χ1n) is 7.22. The Morgan fingerprint density at radius 1 is 0.952 bits per heavy atom. The van der Waals surface area contributed by atoms with Gasteiger partial charge in [0, 0.05) is 0 Å². The molecule has 0 aromatic heterocycles. The number of hydrogen-bond donors (Lipinski definition) is 1. The van der Waals surface area contributed by atoms with Crippen molar-refractivity contribution < 1.29 is 8.78 Å². The Morgan fingerprint density at radius 3 is 2.29 bits per heavy atom. The molecule has 0 radical (unpaired) electrons. The van der Waals surface area contributed by atoms with Crippen molar-refractivity contribution in [2.45, 2.75) is 26.3 Å². The molecule has 2 rings (SSSR count). The van der Waals surface area contributed by atoms with E-state index >= 15 is 0 Å². The standard InChI is InChI=1S/C18H21F2N/c1-12(2)9-13-5-4-6-14(10-13)18(21-3)15-7-8-16(19)17(20)11-15/h4-8,10-12,18,21H,9H2,1-3H3. The summed E-state index contributed by atoms with van der Waals surface area (Å²) >= 11 is 0. The lowest BCUT2D eigenvalue weighted by Crippen LogP contribution is -2.18. The van der Waals surface area contributed by atoms with Crippen molar-refractivity contribution >= 4 is 0 Å². The smallest absolute Gasteiger partial charge is 0.159 e. The minimum Gasteiger partial charge on any atom is -0.309 e. The molecule has 1 atom stereocenters. The zero-order valence-corrected chi connectivity index (χ0v) is 12.7. The van der Waals surface area contributed by atoms with Crippen LogP contribution in [0.25, 0.3) is 0 Å². The minimum atomic E-state index is -0.817. The van der Waals surface area contributed by atoms with Crippen LogP contribution in [0.4, 0.5) is 8.78 Å². The van der Waals surface area contributed by atoms with Gasteiger partial charge in [-0.1, -0.05) is 44.2 Å². The van der Waals surface area contributed by atoms with E-state index in [1.54, 1.807) is 6.07 Å². The summed E-state index contributed by atoms with van der Waals surface area (Å²) in [5, 5.41) is 3.17. The fourth-order valence-electron chi connectivity index (χ4n) is 2.59. The van der Waals surface area contributed by atoms with Crippen molar-refractivity contribution in [3.8, 4) is 0 Å². The number of hydrogen-bond acceptors (Lipinski definition) is 1. The molecule has 0 aliphatic heterocycles. The maximum Gasteiger partial charge on any atom is 0.159 e. The minimum absolute atomic E-state index is 0.146. The molecular weight excluding hydrogens is 268 g/mol. The van der Waals surface area contributed by atoms with Gasteiger partial charge in [0.2, 0.25) is 0 Å². The second-order valence-electron chi connectivity index (χ2n) is 5.74. The summed E-state index contributed by atoms with van der Waals surface area (Å²) in [5.74, 6) is -1.05. The molecule has 1 nitrogen and oxygen atoms in total. The van der Waals surface area contributed by atoms with Gasteiger partial charge < -0.3 is 5.32 Å². The summed E-state index contributed by atoms with van der Waals surface area (Å²) in [6.07, 6.45) is 1.00. The number of benzene rings is 2. The monoisotopic (exact) mass is 289 g/mol. The van der Waals surface area contributed by atoms with Gasteiger partial charge >= 0.3 is 0 Å². The van der Waals surface area contributed by atoms with Crippen molar-refractivity contribution in [1.29, 1.82) is 0 Å². The van der Waals surface area contributed by atoms with E-state index in [-0.39, 0.29) is 6.04 Å². The highest BCUT2D eigenvalue weighted by atomic mass is 19.2. The first kappa shape index (κ1) is 15.6. The number of halogens is 2. The van der Waals surface area contributed by atoms with Gasteiger partial charge in [-0.2, -0.15) is 0 Å². The fraction of sp³-hybridized carbons (Fsp3) is 0.333. The Hall–Kier alpha value is -1.74. The van der Waals surface area contributed by atoms with E-state index in [1.165, 1.54) is 17.7 Å². The van der Waals surface area contributed by atoms with Gasteiger partial charge in [0.05, 0.1) is 6.04 Å². The highest BCUT2D eigenvalue weighted by Crippen LogP contribution is 2.24. The molecule has 0 aliphatic rings. The van der Waals surface area contributed by atoms with E-state index in [4.69, 9.17) is 0 Å². The van der Waals surface area contributed by atoms with Crippen LogP contribution in [0.3, 0.4) is 0 Å². The van der Waals surface area contributed by atoms with Crippen molar-refractivity contribution in [2.75, 3.05) is 7.05 Å². The Balaban J connectivity index is 2.34. The molecular formula is C18H21F2N. The first-order valence-corrected chi connectivity index (χ1v) is 7.22. The second-order valence-corrected chi connectivity index (χ2v) is 5.74. The third kappa shape index (κ3) is 3.88. The molecule has 0 fully saturated rings. The Morgan fingerprint density at radius 2 is 1.67 bits per heavy atom. The molecule has 21 heavy (non-hydrogen) atoms. The molecule has 0 spiro atoms. The van der Waals surface area contributed by atoms with Crippen molar-refractivity contribution in [3.05, 3.63) is 70.8 Å². The molecule has 2 aromatic rings. The SMILES string of the molecule is CNC(c1cccc(CC(C)C)c1)c1ccc(F)c(F)c1. The second kappa shape index (κ2) is 6.81. The third-order valence-corrected chi connectivity index (χ3v) is 3.49. The predicted molar refractivity (Wildman–Crippen MR) is 82.2 cm³/mol. The first-order chi connectivity index (χ1) is 10.0. The summed E-state index contributed by atoms with van der Waals surface area (Å²) in [5.41, 5.74) is 3.03. The van der Waals surface area contributed by atoms with E-state index in [1.807, 2.05) is 19.2 Å². The molecule has 0 bridgehead atoms. The molecule has 0 amide bonds. The van der Waals surface area contributed by atoms with E-state index in [9.17, 15) is 8.78 Å². The average molecular weight is 289 g/mol. The molecule has 1 N–H and O–H groups in total. The van der Waals surface area contributed by atoms with Crippen LogP contribution < -0.4 is 5.32 Å². The maximum atomic E-state index is 13.4. The highest BCUT2D eigenvalue weighted by Gasteiger charge is 2.14. The highest BCUT2D eigenvalue weighted by molar-refractivity contribution is 5.34. The summed E-state index contributed by atoms with van der Waals surface area (Å²) in [4.78, 5) is 0. The molecule has 0 heterocycles. The van der Waals surface area contributed by atoms with Crippen molar-refractivity contribution in [1.82, 2.24) is 5.32 Å². The van der Waals surface area contributed by atoms with Crippen LogP contribution in [0.2, 0.25) is 0 Å². The van der Waals surface area contributed by atoms with Gasteiger partial charge in [-0.3, -0.25) is 0 Å². The maximum absolute atomic E-state index is 13.4. The van der Waals surface area contributed by atoms with Crippen LogP contribution in [-0.2, 0) is 6.42 Å². The van der Waals surface area contributed by atoms with Crippen LogP contribution in [0.1, 0.15) is 36.6 Å². The van der Waals surface area contributed by atoms with Crippen LogP contribution in [-0.4, -0.2) is 7.05 Å². The van der Waals surface area contributed by atoms with E-state index in [0.29, 0.717) is 5.92 Å². The van der Waals surface area contributed by atoms with Crippen LogP contribution in [0.15, 0.2) is 42.5 Å². The molecule has 112 valence electrons. The summed E-state index contributed by atoms with van der Waals surface area (Å²) in [6.45, 7) is 4.36. The van der Waals surface area contributed by atoms with Gasteiger partial charge in [-0.25, -0.2) is 8.78 Å². The Bertz CT molecular complexity index is 608. The van der Waals surface area contributed by atoms with E-state index < -0.39 is 11.6 Å². The van der Waals surface area contributed by atoms with E-state index in [2.05, 4.69) is 31.3 Å². The summed E-state index contributed by atoms with van der Waals surface area (Å²) < 4.78 is 26.5. The van der Waals surface area contributed by atoms with Gasteiger partial charge in [0.25, 0.3) is 0 Å². The van der Waals surface area contributed by atoms with Gasteiger partial charge in [-0.15, -0.1) is 0 Å². The lowest BCUT2D eigenvalue weighted by molar-refractivity contribution is 0.505. The normalized spacial score (nSPS) is 12.7. The Kier molecular flexibility index (Phi) is 5.07. The topological polar surface area (TPSA) is 12.0 Å². The molecule has 1 unspecified atom stereocenters. The largest absolute Gasteiger partial charge is 0.309 e. The number of rotatable bonds is 5. The van der Waals surface area contributed by atoms with Crippen LogP contribution >= 0.6 is 0 Å². The molecule has 2 aromatic carbocycles. The fourth-order valence-corrected chi connectivity index (χ4v) is 2.59. The number of nitrogens with one attached hydrogen (secondary N) is 1. The average Bonchev–Trinajstić information content (AvgIpc) is 2.43. The van der Waals surface area contributed by atoms with E-state index in [0.717, 1.165) is 17.5 Å². The lowest BCUT2D eigenvalue weighted by atomic mass is 9.94. The van der Waals surface area contributed by atoms with Crippen molar-refractivity contribution in [3.63, 3.8) is 0 Å². The zero-order valence-electron chi connectivity index (χ0n) is 12.7. The van der Waals surface area contributed by atoms with Gasteiger partial charge in [-0.05, 0) is 48.2 Å². The molecule has 0 saturated heterocycles. The van der Waals surface area contributed by atoms with Crippen LogP contribution in [0.5, 0.6) is 0 Å². The quantitative estimate of drug-likeness (QED) is 0.856. The van der Waals surface area contributed by atoms with Gasteiger partial charge in [0.1, 0.15) is 0 Å².